The summed E-state index contributed by atoms with van der Waals surface area (Å²) in [6.07, 6.45) is 1.08. The highest BCUT2D eigenvalue weighted by Gasteiger charge is 2.02. The van der Waals surface area contributed by atoms with Gasteiger partial charge in [0.05, 0.1) is 0 Å². The highest BCUT2D eigenvalue weighted by atomic mass is 35.5. The van der Waals surface area contributed by atoms with E-state index in [4.69, 9.17) is 11.6 Å². The van der Waals surface area contributed by atoms with Crippen molar-refractivity contribution in [3.8, 4) is 0 Å². The SMILES string of the molecule is C/C(=C\Cl)CNC(C)Cc1ccsc1. The van der Waals surface area contributed by atoms with Gasteiger partial charge in [-0.05, 0) is 48.2 Å². The van der Waals surface area contributed by atoms with Crippen LogP contribution in [0.5, 0.6) is 0 Å². The predicted octanol–water partition coefficient (Wildman–Crippen LogP) is 3.41. The van der Waals surface area contributed by atoms with Gasteiger partial charge < -0.3 is 5.32 Å². The lowest BCUT2D eigenvalue weighted by Crippen LogP contribution is -2.29. The lowest BCUT2D eigenvalue weighted by Gasteiger charge is -2.12. The van der Waals surface area contributed by atoms with Crippen molar-refractivity contribution in [2.75, 3.05) is 6.54 Å². The minimum Gasteiger partial charge on any atom is -0.310 e. The Morgan fingerprint density at radius 2 is 2.50 bits per heavy atom. The van der Waals surface area contributed by atoms with Crippen molar-refractivity contribution in [3.63, 3.8) is 0 Å². The molecule has 0 aliphatic heterocycles. The summed E-state index contributed by atoms with van der Waals surface area (Å²) in [6.45, 7) is 5.09. The molecule has 14 heavy (non-hydrogen) atoms. The Bertz CT molecular complexity index is 279. The Balaban J connectivity index is 2.26. The maximum atomic E-state index is 5.58. The molecular formula is C11H16ClNS. The van der Waals surface area contributed by atoms with E-state index in [-0.39, 0.29) is 0 Å². The molecule has 0 saturated heterocycles. The largest absolute Gasteiger partial charge is 0.310 e. The molecule has 0 aromatic carbocycles. The third kappa shape index (κ3) is 4.27. The highest BCUT2D eigenvalue weighted by Crippen LogP contribution is 2.08. The molecule has 0 spiro atoms. The van der Waals surface area contributed by atoms with E-state index in [1.807, 2.05) is 6.92 Å². The summed E-state index contributed by atoms with van der Waals surface area (Å²) in [7, 11) is 0. The summed E-state index contributed by atoms with van der Waals surface area (Å²) >= 11 is 7.33. The summed E-state index contributed by atoms with van der Waals surface area (Å²) in [5.74, 6) is 0. The number of rotatable bonds is 5. The van der Waals surface area contributed by atoms with Gasteiger partial charge in [0.15, 0.2) is 0 Å². The van der Waals surface area contributed by atoms with Crippen LogP contribution in [0.2, 0.25) is 0 Å². The maximum absolute atomic E-state index is 5.58. The highest BCUT2D eigenvalue weighted by molar-refractivity contribution is 7.07. The van der Waals surface area contributed by atoms with Crippen LogP contribution in [0.1, 0.15) is 19.4 Å². The molecule has 0 fully saturated rings. The molecule has 1 nitrogen and oxygen atoms in total. The molecule has 78 valence electrons. The molecule has 0 aliphatic carbocycles. The van der Waals surface area contributed by atoms with E-state index in [0.717, 1.165) is 13.0 Å². The van der Waals surface area contributed by atoms with Gasteiger partial charge in [-0.25, -0.2) is 0 Å². The third-order valence-corrected chi connectivity index (χ3v) is 3.14. The van der Waals surface area contributed by atoms with E-state index in [9.17, 15) is 0 Å². The summed E-state index contributed by atoms with van der Waals surface area (Å²) < 4.78 is 0. The number of hydrogen-bond acceptors (Lipinski definition) is 2. The smallest absolute Gasteiger partial charge is 0.0176 e. The first-order valence-corrected chi connectivity index (χ1v) is 6.10. The van der Waals surface area contributed by atoms with Gasteiger partial charge in [0.2, 0.25) is 0 Å². The van der Waals surface area contributed by atoms with Crippen LogP contribution >= 0.6 is 22.9 Å². The Labute approximate surface area is 94.8 Å². The van der Waals surface area contributed by atoms with Crippen LogP contribution in [0.4, 0.5) is 0 Å². The van der Waals surface area contributed by atoms with Gasteiger partial charge in [0.25, 0.3) is 0 Å². The summed E-state index contributed by atoms with van der Waals surface area (Å²) in [5, 5.41) is 7.74. The van der Waals surface area contributed by atoms with Gasteiger partial charge in [0.1, 0.15) is 0 Å². The molecule has 3 heteroatoms. The maximum Gasteiger partial charge on any atom is 0.0176 e. The summed E-state index contributed by atoms with van der Waals surface area (Å²) in [5.41, 5.74) is 4.20. The van der Waals surface area contributed by atoms with Crippen LogP contribution in [0.25, 0.3) is 0 Å². The molecule has 1 aromatic heterocycles. The van der Waals surface area contributed by atoms with Gasteiger partial charge in [0, 0.05) is 18.1 Å². The Hall–Kier alpha value is -0.310. The van der Waals surface area contributed by atoms with E-state index in [1.54, 1.807) is 16.9 Å². The minimum absolute atomic E-state index is 0.496. The molecule has 0 radical (unpaired) electrons. The van der Waals surface area contributed by atoms with E-state index in [1.165, 1.54) is 11.1 Å². The molecule has 1 unspecified atom stereocenters. The van der Waals surface area contributed by atoms with Crippen molar-refractivity contribution < 1.29 is 0 Å². The zero-order valence-electron chi connectivity index (χ0n) is 8.59. The zero-order chi connectivity index (χ0) is 10.4. The second kappa shape index (κ2) is 6.23. The standard InChI is InChI=1S/C11H16ClNS/c1-9(6-12)7-13-10(2)5-11-3-4-14-8-11/h3-4,6,8,10,13H,5,7H2,1-2H3/b9-6+. The van der Waals surface area contributed by atoms with E-state index in [0.29, 0.717) is 6.04 Å². The van der Waals surface area contributed by atoms with Crippen molar-refractivity contribution in [2.45, 2.75) is 26.3 Å². The summed E-state index contributed by atoms with van der Waals surface area (Å²) in [4.78, 5) is 0. The molecule has 1 heterocycles. The topological polar surface area (TPSA) is 12.0 Å². The Morgan fingerprint density at radius 1 is 1.71 bits per heavy atom. The molecule has 0 aliphatic rings. The molecule has 0 saturated carbocycles. The molecule has 1 N–H and O–H groups in total. The normalized spacial score (nSPS) is 14.4. The lowest BCUT2D eigenvalue weighted by atomic mass is 10.1. The van der Waals surface area contributed by atoms with Crippen LogP contribution in [0.15, 0.2) is 27.9 Å². The molecular weight excluding hydrogens is 214 g/mol. The fourth-order valence-corrected chi connectivity index (χ4v) is 1.97. The van der Waals surface area contributed by atoms with Gasteiger partial charge in [-0.3, -0.25) is 0 Å². The first-order chi connectivity index (χ1) is 6.72. The number of halogens is 1. The van der Waals surface area contributed by atoms with Gasteiger partial charge in [-0.1, -0.05) is 11.6 Å². The van der Waals surface area contributed by atoms with Crippen molar-refractivity contribution in [1.82, 2.24) is 5.32 Å². The fourth-order valence-electron chi connectivity index (χ4n) is 1.21. The predicted molar refractivity (Wildman–Crippen MR) is 65.1 cm³/mol. The number of thiophene rings is 1. The van der Waals surface area contributed by atoms with Crippen LogP contribution in [-0.4, -0.2) is 12.6 Å². The molecule has 0 amide bonds. The van der Waals surface area contributed by atoms with Crippen LogP contribution in [0.3, 0.4) is 0 Å². The van der Waals surface area contributed by atoms with E-state index >= 15 is 0 Å². The summed E-state index contributed by atoms with van der Waals surface area (Å²) in [6, 6.07) is 2.67. The van der Waals surface area contributed by atoms with Gasteiger partial charge >= 0.3 is 0 Å². The lowest BCUT2D eigenvalue weighted by molar-refractivity contribution is 0.573. The van der Waals surface area contributed by atoms with Crippen LogP contribution < -0.4 is 5.32 Å². The third-order valence-electron chi connectivity index (χ3n) is 2.04. The monoisotopic (exact) mass is 229 g/mol. The van der Waals surface area contributed by atoms with Crippen molar-refractivity contribution in [3.05, 3.63) is 33.5 Å². The average Bonchev–Trinajstić information content (AvgIpc) is 2.66. The molecule has 1 aromatic rings. The second-order valence-corrected chi connectivity index (χ2v) is 4.57. The van der Waals surface area contributed by atoms with Crippen molar-refractivity contribution in [2.24, 2.45) is 0 Å². The van der Waals surface area contributed by atoms with Crippen molar-refractivity contribution in [1.29, 1.82) is 0 Å². The quantitative estimate of drug-likeness (QED) is 0.816. The molecule has 1 atom stereocenters. The van der Waals surface area contributed by atoms with Gasteiger partial charge in [-0.2, -0.15) is 11.3 Å². The first-order valence-electron chi connectivity index (χ1n) is 4.72. The van der Waals surface area contributed by atoms with Gasteiger partial charge in [-0.15, -0.1) is 0 Å². The second-order valence-electron chi connectivity index (χ2n) is 3.57. The molecule has 1 rings (SSSR count). The van der Waals surface area contributed by atoms with Crippen LogP contribution in [0, 0.1) is 0 Å². The van der Waals surface area contributed by atoms with E-state index in [2.05, 4.69) is 29.1 Å². The number of hydrogen-bond donors (Lipinski definition) is 1. The fraction of sp³-hybridized carbons (Fsp3) is 0.455. The first kappa shape index (κ1) is 11.8. The van der Waals surface area contributed by atoms with E-state index < -0.39 is 0 Å². The zero-order valence-corrected chi connectivity index (χ0v) is 10.2. The Kier molecular flexibility index (Phi) is 5.23. The van der Waals surface area contributed by atoms with Crippen LogP contribution in [-0.2, 0) is 6.42 Å². The van der Waals surface area contributed by atoms with Crippen molar-refractivity contribution >= 4 is 22.9 Å². The minimum atomic E-state index is 0.496. The Morgan fingerprint density at radius 3 is 3.07 bits per heavy atom. The number of nitrogens with one attached hydrogen (secondary N) is 1. The average molecular weight is 230 g/mol. The molecule has 0 bridgehead atoms.